The number of aromatic nitrogens is 1. The topological polar surface area (TPSA) is 54.5 Å². The number of nitrogens with zero attached hydrogens (tertiary/aromatic N) is 2. The van der Waals surface area contributed by atoms with E-state index in [0.717, 1.165) is 33.8 Å². The number of hydrogen-bond acceptors (Lipinski definition) is 4. The summed E-state index contributed by atoms with van der Waals surface area (Å²) in [5.74, 6) is -0.344. The van der Waals surface area contributed by atoms with Crippen LogP contribution < -0.4 is 10.2 Å². The fraction of sp³-hybridized carbons (Fsp3) is 0.360. The number of amides is 1. The second-order valence-electron chi connectivity index (χ2n) is 8.21. The average molecular weight is 457 g/mol. The molecule has 0 atom stereocenters. The van der Waals surface area contributed by atoms with Crippen LogP contribution in [0.4, 0.5) is 18.9 Å². The predicted octanol–water partition coefficient (Wildman–Crippen LogP) is 4.57. The van der Waals surface area contributed by atoms with Crippen LogP contribution in [0.25, 0.3) is 10.9 Å². The molecule has 1 aromatic heterocycles. The minimum atomic E-state index is -4.52. The van der Waals surface area contributed by atoms with Gasteiger partial charge in [-0.2, -0.15) is 13.2 Å². The number of para-hydroxylation sites is 1. The molecule has 8 heteroatoms. The van der Waals surface area contributed by atoms with Gasteiger partial charge < -0.3 is 15.0 Å². The summed E-state index contributed by atoms with van der Waals surface area (Å²) in [6.07, 6.45) is -4.46. The van der Waals surface area contributed by atoms with Crippen LogP contribution in [0.3, 0.4) is 0 Å². The highest BCUT2D eigenvalue weighted by molar-refractivity contribution is 5.86. The molecule has 2 heterocycles. The number of benzene rings is 2. The van der Waals surface area contributed by atoms with Crippen molar-refractivity contribution in [2.75, 3.05) is 31.2 Å². The van der Waals surface area contributed by atoms with E-state index in [4.69, 9.17) is 4.74 Å². The molecule has 0 radical (unpaired) electrons. The van der Waals surface area contributed by atoms with E-state index in [9.17, 15) is 18.0 Å². The van der Waals surface area contributed by atoms with Crippen molar-refractivity contribution in [1.29, 1.82) is 0 Å². The van der Waals surface area contributed by atoms with E-state index in [1.807, 2.05) is 43.0 Å². The number of aryl methyl sites for hydroxylation is 2. The standard InChI is InChI=1S/C25H26F3N3O2/c1-16-20-5-3-4-6-23(20)30-17(2)21(16)14-24(32)29-15-18-7-8-19(13-22(18)25(26,27)28)31-9-11-33-12-10-31/h3-8,13H,9-12,14-15H2,1-2H3,(H,29,32). The van der Waals surface area contributed by atoms with Gasteiger partial charge in [0.05, 0.1) is 30.7 Å². The van der Waals surface area contributed by atoms with Gasteiger partial charge in [0.25, 0.3) is 0 Å². The Bertz CT molecular complexity index is 1170. The fourth-order valence-corrected chi connectivity index (χ4v) is 4.25. The third kappa shape index (κ3) is 5.11. The zero-order valence-electron chi connectivity index (χ0n) is 18.6. The Kier molecular flexibility index (Phi) is 6.56. The van der Waals surface area contributed by atoms with Crippen LogP contribution in [0.15, 0.2) is 42.5 Å². The first-order valence-electron chi connectivity index (χ1n) is 10.9. The molecule has 174 valence electrons. The molecule has 0 unspecified atom stereocenters. The number of hydrogen-bond donors (Lipinski definition) is 1. The molecular weight excluding hydrogens is 431 g/mol. The van der Waals surface area contributed by atoms with Gasteiger partial charge in [0.2, 0.25) is 5.91 Å². The molecule has 1 saturated heterocycles. The van der Waals surface area contributed by atoms with Gasteiger partial charge in [0.1, 0.15) is 0 Å². The van der Waals surface area contributed by atoms with Crippen molar-refractivity contribution in [1.82, 2.24) is 10.3 Å². The average Bonchev–Trinajstić information content (AvgIpc) is 2.80. The van der Waals surface area contributed by atoms with E-state index < -0.39 is 11.7 Å². The third-order valence-corrected chi connectivity index (χ3v) is 6.07. The number of anilines is 1. The van der Waals surface area contributed by atoms with Gasteiger partial charge in [0, 0.05) is 36.4 Å². The number of halogens is 3. The summed E-state index contributed by atoms with van der Waals surface area (Å²) in [5.41, 5.74) is 3.17. The molecule has 3 aromatic rings. The van der Waals surface area contributed by atoms with Crippen LogP contribution in [-0.2, 0) is 28.7 Å². The van der Waals surface area contributed by atoms with E-state index in [1.165, 1.54) is 6.07 Å². The number of rotatable bonds is 5. The van der Waals surface area contributed by atoms with Crippen molar-refractivity contribution >= 4 is 22.5 Å². The predicted molar refractivity (Wildman–Crippen MR) is 121 cm³/mol. The number of fused-ring (bicyclic) bond motifs is 1. The largest absolute Gasteiger partial charge is 0.416 e. The van der Waals surface area contributed by atoms with Gasteiger partial charge in [-0.25, -0.2) is 0 Å². The van der Waals surface area contributed by atoms with Crippen LogP contribution in [0.1, 0.15) is 27.9 Å². The molecule has 1 aliphatic heterocycles. The summed E-state index contributed by atoms with van der Waals surface area (Å²) in [4.78, 5) is 19.1. The second-order valence-corrected chi connectivity index (χ2v) is 8.21. The van der Waals surface area contributed by atoms with Crippen LogP contribution in [-0.4, -0.2) is 37.2 Å². The number of alkyl halides is 3. The van der Waals surface area contributed by atoms with Gasteiger partial charge in [-0.3, -0.25) is 9.78 Å². The van der Waals surface area contributed by atoms with Crippen LogP contribution >= 0.6 is 0 Å². The molecule has 5 nitrogen and oxygen atoms in total. The number of carbonyl (C=O) groups is 1. The van der Waals surface area contributed by atoms with E-state index in [2.05, 4.69) is 10.3 Å². The Morgan fingerprint density at radius 2 is 1.85 bits per heavy atom. The fourth-order valence-electron chi connectivity index (χ4n) is 4.25. The molecule has 1 N–H and O–H groups in total. The van der Waals surface area contributed by atoms with Crippen LogP contribution in [0, 0.1) is 13.8 Å². The molecule has 0 aliphatic carbocycles. The minimum absolute atomic E-state index is 0.0398. The van der Waals surface area contributed by atoms with E-state index in [-0.39, 0.29) is 24.4 Å². The Balaban J connectivity index is 1.50. The number of ether oxygens (including phenoxy) is 1. The summed E-state index contributed by atoms with van der Waals surface area (Å²) in [6.45, 7) is 5.65. The van der Waals surface area contributed by atoms with Crippen LogP contribution in [0.5, 0.6) is 0 Å². The summed E-state index contributed by atoms with van der Waals surface area (Å²) in [6, 6.07) is 12.0. The zero-order chi connectivity index (χ0) is 23.6. The maximum atomic E-state index is 13.8. The number of nitrogens with one attached hydrogen (secondary N) is 1. The van der Waals surface area contributed by atoms with Gasteiger partial charge in [-0.15, -0.1) is 0 Å². The van der Waals surface area contributed by atoms with E-state index >= 15 is 0 Å². The number of carbonyl (C=O) groups excluding carboxylic acids is 1. The molecule has 2 aromatic carbocycles. The molecule has 0 spiro atoms. The molecule has 33 heavy (non-hydrogen) atoms. The maximum Gasteiger partial charge on any atom is 0.416 e. The SMILES string of the molecule is Cc1nc2ccccc2c(C)c1CC(=O)NCc1ccc(N2CCOCC2)cc1C(F)(F)F. The maximum absolute atomic E-state index is 13.8. The molecule has 0 saturated carbocycles. The highest BCUT2D eigenvalue weighted by atomic mass is 19.4. The first-order valence-corrected chi connectivity index (χ1v) is 10.9. The first-order chi connectivity index (χ1) is 15.7. The van der Waals surface area contributed by atoms with Crippen molar-refractivity contribution < 1.29 is 22.7 Å². The lowest BCUT2D eigenvalue weighted by atomic mass is 9.99. The minimum Gasteiger partial charge on any atom is -0.378 e. The van der Waals surface area contributed by atoms with Crippen molar-refractivity contribution in [3.63, 3.8) is 0 Å². The van der Waals surface area contributed by atoms with E-state index in [0.29, 0.717) is 32.0 Å². The second kappa shape index (κ2) is 9.39. The zero-order valence-corrected chi connectivity index (χ0v) is 18.6. The lowest BCUT2D eigenvalue weighted by Gasteiger charge is -2.29. The van der Waals surface area contributed by atoms with E-state index in [1.54, 1.807) is 6.07 Å². The lowest BCUT2D eigenvalue weighted by molar-refractivity contribution is -0.138. The molecule has 4 rings (SSSR count). The highest BCUT2D eigenvalue weighted by Crippen LogP contribution is 2.35. The van der Waals surface area contributed by atoms with Gasteiger partial charge >= 0.3 is 6.18 Å². The quantitative estimate of drug-likeness (QED) is 0.610. The smallest absolute Gasteiger partial charge is 0.378 e. The Labute approximate surface area is 190 Å². The highest BCUT2D eigenvalue weighted by Gasteiger charge is 2.34. The van der Waals surface area contributed by atoms with Gasteiger partial charge in [-0.1, -0.05) is 24.3 Å². The molecule has 0 bridgehead atoms. The Morgan fingerprint density at radius 1 is 1.12 bits per heavy atom. The summed E-state index contributed by atoms with van der Waals surface area (Å²) >= 11 is 0. The van der Waals surface area contributed by atoms with Crippen molar-refractivity contribution in [2.45, 2.75) is 33.0 Å². The normalized spacial score (nSPS) is 14.5. The number of morpholine rings is 1. The first kappa shape index (κ1) is 23.0. The summed E-state index contributed by atoms with van der Waals surface area (Å²) in [7, 11) is 0. The molecule has 1 fully saturated rings. The number of pyridine rings is 1. The lowest BCUT2D eigenvalue weighted by Crippen LogP contribution is -2.36. The Hall–Kier alpha value is -3.13. The molecular formula is C25H26F3N3O2. The van der Waals surface area contributed by atoms with Gasteiger partial charge in [0.15, 0.2) is 0 Å². The van der Waals surface area contributed by atoms with Gasteiger partial charge in [-0.05, 0) is 48.7 Å². The monoisotopic (exact) mass is 457 g/mol. The molecule has 1 aliphatic rings. The molecule has 1 amide bonds. The summed E-state index contributed by atoms with van der Waals surface area (Å²) in [5, 5.41) is 3.62. The third-order valence-electron chi connectivity index (χ3n) is 6.07. The summed E-state index contributed by atoms with van der Waals surface area (Å²) < 4.78 is 46.6. The Morgan fingerprint density at radius 3 is 2.58 bits per heavy atom. The van der Waals surface area contributed by atoms with Crippen molar-refractivity contribution in [2.24, 2.45) is 0 Å². The van der Waals surface area contributed by atoms with Crippen molar-refractivity contribution in [3.8, 4) is 0 Å². The van der Waals surface area contributed by atoms with Crippen molar-refractivity contribution in [3.05, 3.63) is 70.4 Å². The van der Waals surface area contributed by atoms with Crippen LogP contribution in [0.2, 0.25) is 0 Å².